The molecule has 0 saturated carbocycles. The van der Waals surface area contributed by atoms with E-state index in [0.717, 1.165) is 11.1 Å². The van der Waals surface area contributed by atoms with Crippen molar-refractivity contribution in [1.82, 2.24) is 5.32 Å². The van der Waals surface area contributed by atoms with Crippen molar-refractivity contribution in [2.24, 2.45) is 0 Å². The average molecular weight is 279 g/mol. The second-order valence-electron chi connectivity index (χ2n) is 4.70. The van der Waals surface area contributed by atoms with Gasteiger partial charge in [-0.05, 0) is 30.2 Å². The number of halogens is 3. The third kappa shape index (κ3) is 3.84. The minimum atomic E-state index is -2.44. The Morgan fingerprint density at radius 2 is 1.45 bits per heavy atom. The van der Waals surface area contributed by atoms with Crippen LogP contribution in [0.5, 0.6) is 0 Å². The quantitative estimate of drug-likeness (QED) is 0.842. The molecular formula is C16H16F3N. The minimum Gasteiger partial charge on any atom is -0.306 e. The largest absolute Gasteiger partial charge is 0.306 e. The van der Waals surface area contributed by atoms with Gasteiger partial charge in [0.05, 0.1) is 0 Å². The molecule has 0 aromatic heterocycles. The summed E-state index contributed by atoms with van der Waals surface area (Å²) in [6.45, 7) is 2.54. The first kappa shape index (κ1) is 14.6. The zero-order chi connectivity index (χ0) is 14.5. The zero-order valence-electron chi connectivity index (χ0n) is 11.1. The fourth-order valence-electron chi connectivity index (χ4n) is 1.92. The Bertz CT molecular complexity index is 535. The summed E-state index contributed by atoms with van der Waals surface area (Å²) in [6.07, 6.45) is -2.44. The molecule has 1 unspecified atom stereocenters. The van der Waals surface area contributed by atoms with Crippen molar-refractivity contribution in [2.75, 3.05) is 0 Å². The number of hydrogen-bond donors (Lipinski definition) is 1. The van der Waals surface area contributed by atoms with Gasteiger partial charge in [-0.2, -0.15) is 0 Å². The van der Waals surface area contributed by atoms with E-state index in [0.29, 0.717) is 6.54 Å². The highest BCUT2D eigenvalue weighted by Gasteiger charge is 2.07. The van der Waals surface area contributed by atoms with Crippen LogP contribution in [0.2, 0.25) is 0 Å². The lowest BCUT2D eigenvalue weighted by molar-refractivity contribution is 0.151. The van der Waals surface area contributed by atoms with Gasteiger partial charge in [0, 0.05) is 18.2 Å². The van der Waals surface area contributed by atoms with Gasteiger partial charge in [0.15, 0.2) is 0 Å². The fourth-order valence-corrected chi connectivity index (χ4v) is 1.92. The molecule has 0 spiro atoms. The molecule has 2 aromatic carbocycles. The maximum absolute atomic E-state index is 12.8. The first-order valence-corrected chi connectivity index (χ1v) is 6.42. The van der Waals surface area contributed by atoms with Crippen molar-refractivity contribution < 1.29 is 13.2 Å². The molecule has 0 aliphatic carbocycles. The van der Waals surface area contributed by atoms with Crippen LogP contribution in [0.4, 0.5) is 13.2 Å². The summed E-state index contributed by atoms with van der Waals surface area (Å²) in [5, 5.41) is 3.27. The first-order valence-electron chi connectivity index (χ1n) is 6.42. The summed E-state index contributed by atoms with van der Waals surface area (Å²) >= 11 is 0. The first-order chi connectivity index (χ1) is 9.56. The number of benzene rings is 2. The van der Waals surface area contributed by atoms with Crippen LogP contribution >= 0.6 is 0 Å². The van der Waals surface area contributed by atoms with Gasteiger partial charge in [-0.25, -0.2) is 13.2 Å². The molecule has 0 amide bonds. The van der Waals surface area contributed by atoms with Gasteiger partial charge in [0.1, 0.15) is 5.82 Å². The van der Waals surface area contributed by atoms with Gasteiger partial charge in [-0.3, -0.25) is 0 Å². The van der Waals surface area contributed by atoms with E-state index in [1.54, 1.807) is 24.3 Å². The lowest BCUT2D eigenvalue weighted by atomic mass is 10.1. The van der Waals surface area contributed by atoms with E-state index in [2.05, 4.69) is 5.32 Å². The molecule has 2 aromatic rings. The molecule has 2 rings (SSSR count). The molecular weight excluding hydrogens is 263 g/mol. The van der Waals surface area contributed by atoms with E-state index in [1.807, 2.05) is 6.92 Å². The molecule has 4 heteroatoms. The highest BCUT2D eigenvalue weighted by molar-refractivity contribution is 5.24. The predicted octanol–water partition coefficient (Wildman–Crippen LogP) is 4.61. The average Bonchev–Trinajstić information content (AvgIpc) is 2.46. The summed E-state index contributed by atoms with van der Waals surface area (Å²) < 4.78 is 37.7. The zero-order valence-corrected chi connectivity index (χ0v) is 11.1. The molecule has 0 bridgehead atoms. The normalized spacial score (nSPS) is 12.7. The van der Waals surface area contributed by atoms with Crippen molar-refractivity contribution in [3.63, 3.8) is 0 Å². The lowest BCUT2D eigenvalue weighted by Gasteiger charge is -2.14. The van der Waals surface area contributed by atoms with Crippen LogP contribution in [0.15, 0.2) is 48.5 Å². The van der Waals surface area contributed by atoms with E-state index in [4.69, 9.17) is 0 Å². The Kier molecular flexibility index (Phi) is 4.79. The summed E-state index contributed by atoms with van der Waals surface area (Å²) in [7, 11) is 0. The Hall–Kier alpha value is -1.81. The summed E-state index contributed by atoms with van der Waals surface area (Å²) in [4.78, 5) is 0. The second-order valence-corrected chi connectivity index (χ2v) is 4.70. The van der Waals surface area contributed by atoms with Crippen LogP contribution in [0.3, 0.4) is 0 Å². The van der Waals surface area contributed by atoms with Gasteiger partial charge in [0.25, 0.3) is 6.43 Å². The summed E-state index contributed by atoms with van der Waals surface area (Å²) in [5.74, 6) is -0.261. The van der Waals surface area contributed by atoms with Crippen LogP contribution < -0.4 is 5.32 Å². The van der Waals surface area contributed by atoms with Gasteiger partial charge >= 0.3 is 0 Å². The van der Waals surface area contributed by atoms with Gasteiger partial charge in [0.2, 0.25) is 0 Å². The smallest absolute Gasteiger partial charge is 0.263 e. The van der Waals surface area contributed by atoms with Crippen molar-refractivity contribution >= 4 is 0 Å². The topological polar surface area (TPSA) is 12.0 Å². The van der Waals surface area contributed by atoms with Gasteiger partial charge in [-0.15, -0.1) is 0 Å². The molecule has 1 atom stereocenters. The molecule has 0 aliphatic rings. The van der Waals surface area contributed by atoms with Crippen molar-refractivity contribution in [3.05, 3.63) is 71.0 Å². The third-order valence-corrected chi connectivity index (χ3v) is 3.21. The minimum absolute atomic E-state index is 0.0281. The third-order valence-electron chi connectivity index (χ3n) is 3.21. The highest BCUT2D eigenvalue weighted by Crippen LogP contribution is 2.19. The van der Waals surface area contributed by atoms with Crippen LogP contribution in [-0.4, -0.2) is 0 Å². The molecule has 1 nitrogen and oxygen atoms in total. The standard InChI is InChI=1S/C16H16F3N/c1-11(13-6-8-15(17)9-7-13)20-10-12-2-4-14(5-3-12)16(18)19/h2-9,11,16,20H,10H2,1H3. The fraction of sp³-hybridized carbons (Fsp3) is 0.250. The molecule has 106 valence electrons. The SMILES string of the molecule is CC(NCc1ccc(C(F)F)cc1)c1ccc(F)cc1. The predicted molar refractivity (Wildman–Crippen MR) is 73.1 cm³/mol. The Balaban J connectivity index is 1.92. The molecule has 0 heterocycles. The van der Waals surface area contributed by atoms with E-state index in [1.165, 1.54) is 24.3 Å². The Labute approximate surface area is 116 Å². The maximum atomic E-state index is 12.8. The van der Waals surface area contributed by atoms with Crippen molar-refractivity contribution in [3.8, 4) is 0 Å². The molecule has 20 heavy (non-hydrogen) atoms. The van der Waals surface area contributed by atoms with E-state index >= 15 is 0 Å². The highest BCUT2D eigenvalue weighted by atomic mass is 19.3. The van der Waals surface area contributed by atoms with E-state index in [9.17, 15) is 13.2 Å². The second kappa shape index (κ2) is 6.57. The Morgan fingerprint density at radius 1 is 0.900 bits per heavy atom. The van der Waals surface area contributed by atoms with Crippen molar-refractivity contribution in [2.45, 2.75) is 25.9 Å². The Morgan fingerprint density at radius 3 is 2.00 bits per heavy atom. The molecule has 0 saturated heterocycles. The number of hydrogen-bond acceptors (Lipinski definition) is 1. The van der Waals surface area contributed by atoms with Crippen molar-refractivity contribution in [1.29, 1.82) is 0 Å². The number of nitrogens with one attached hydrogen (secondary N) is 1. The summed E-state index contributed by atoms with van der Waals surface area (Å²) in [6, 6.07) is 12.6. The number of alkyl halides is 2. The molecule has 0 radical (unpaired) electrons. The summed E-state index contributed by atoms with van der Waals surface area (Å²) in [5.41, 5.74) is 1.94. The van der Waals surface area contributed by atoms with Gasteiger partial charge < -0.3 is 5.32 Å². The van der Waals surface area contributed by atoms with E-state index in [-0.39, 0.29) is 17.4 Å². The van der Waals surface area contributed by atoms with Gasteiger partial charge in [-0.1, -0.05) is 36.4 Å². The van der Waals surface area contributed by atoms with Crippen LogP contribution in [0.1, 0.15) is 36.1 Å². The molecule has 0 fully saturated rings. The molecule has 0 aliphatic heterocycles. The van der Waals surface area contributed by atoms with Crippen LogP contribution in [0, 0.1) is 5.82 Å². The van der Waals surface area contributed by atoms with E-state index < -0.39 is 6.43 Å². The lowest BCUT2D eigenvalue weighted by Crippen LogP contribution is -2.18. The molecule has 1 N–H and O–H groups in total. The number of rotatable bonds is 5. The van der Waals surface area contributed by atoms with Crippen LogP contribution in [-0.2, 0) is 6.54 Å². The monoisotopic (exact) mass is 279 g/mol. The van der Waals surface area contributed by atoms with Crippen LogP contribution in [0.25, 0.3) is 0 Å². The maximum Gasteiger partial charge on any atom is 0.263 e.